The Balaban J connectivity index is 2.21. The van der Waals surface area contributed by atoms with Gasteiger partial charge < -0.3 is 9.47 Å². The summed E-state index contributed by atoms with van der Waals surface area (Å²) < 4.78 is 37.2. The summed E-state index contributed by atoms with van der Waals surface area (Å²) in [6.45, 7) is 7.00. The minimum absolute atomic E-state index is 0.0598. The lowest BCUT2D eigenvalue weighted by atomic mass is 10.1. The summed E-state index contributed by atoms with van der Waals surface area (Å²) in [5.41, 5.74) is 0. The van der Waals surface area contributed by atoms with Crippen molar-refractivity contribution in [2.24, 2.45) is 11.8 Å². The molecule has 8 heteroatoms. The number of hydrogen-bond acceptors (Lipinski definition) is 4. The molecule has 0 bridgehead atoms. The number of ether oxygens (including phenoxy) is 2. The molecule has 0 spiro atoms. The SMILES string of the molecule is CC[C@@H](C)COc1ccc(S(=O)(=O)c2ccc(OC[C@H](C)CCl)c(Cl)c2)cc1Cl. The maximum absolute atomic E-state index is 13.0. The lowest BCUT2D eigenvalue weighted by molar-refractivity contribution is 0.256. The van der Waals surface area contributed by atoms with Gasteiger partial charge in [0.15, 0.2) is 0 Å². The lowest BCUT2D eigenvalue weighted by Crippen LogP contribution is -2.10. The van der Waals surface area contributed by atoms with Crippen LogP contribution in [0.2, 0.25) is 10.0 Å². The first-order valence-corrected chi connectivity index (χ1v) is 12.1. The molecule has 0 aliphatic rings. The highest BCUT2D eigenvalue weighted by Gasteiger charge is 2.21. The number of rotatable bonds is 10. The van der Waals surface area contributed by atoms with Crippen LogP contribution in [-0.2, 0) is 9.84 Å². The standard InChI is InChI=1S/C21H25Cl3O4S/c1-4-14(2)12-27-20-7-5-16(9-18(20)23)29(25,26)17-6-8-21(19(24)10-17)28-13-15(3)11-22/h5-10,14-15H,4,11-13H2,1-3H3/t14-,15-/m1/s1. The van der Waals surface area contributed by atoms with Crippen molar-refractivity contribution >= 4 is 44.6 Å². The van der Waals surface area contributed by atoms with E-state index in [4.69, 9.17) is 44.3 Å². The molecule has 0 N–H and O–H groups in total. The molecule has 0 saturated heterocycles. The molecule has 0 aliphatic heterocycles. The van der Waals surface area contributed by atoms with Gasteiger partial charge in [-0.25, -0.2) is 8.42 Å². The van der Waals surface area contributed by atoms with Crippen LogP contribution in [0, 0.1) is 11.8 Å². The second kappa shape index (κ2) is 10.8. The molecule has 0 fully saturated rings. The van der Waals surface area contributed by atoms with E-state index in [1.807, 2.05) is 6.92 Å². The van der Waals surface area contributed by atoms with Crippen LogP contribution >= 0.6 is 34.8 Å². The quantitative estimate of drug-likeness (QED) is 0.365. The zero-order valence-electron chi connectivity index (χ0n) is 16.6. The molecule has 0 heterocycles. The molecular weight excluding hydrogens is 455 g/mol. The van der Waals surface area contributed by atoms with Gasteiger partial charge in [-0.15, -0.1) is 11.6 Å². The molecular formula is C21H25Cl3O4S. The predicted molar refractivity (Wildman–Crippen MR) is 119 cm³/mol. The molecule has 160 valence electrons. The molecule has 0 aromatic heterocycles. The molecule has 0 amide bonds. The van der Waals surface area contributed by atoms with E-state index >= 15 is 0 Å². The Kier molecular flexibility index (Phi) is 8.95. The monoisotopic (exact) mass is 478 g/mol. The first-order chi connectivity index (χ1) is 13.7. The van der Waals surface area contributed by atoms with Crippen molar-refractivity contribution in [3.05, 3.63) is 46.4 Å². The van der Waals surface area contributed by atoms with Gasteiger partial charge in [-0.05, 0) is 42.3 Å². The Morgan fingerprint density at radius 1 is 0.862 bits per heavy atom. The van der Waals surface area contributed by atoms with Crippen LogP contribution in [-0.4, -0.2) is 27.5 Å². The summed E-state index contributed by atoms with van der Waals surface area (Å²) in [6.07, 6.45) is 0.981. The van der Waals surface area contributed by atoms with Crippen LogP contribution in [0.1, 0.15) is 27.2 Å². The van der Waals surface area contributed by atoms with E-state index < -0.39 is 9.84 Å². The third kappa shape index (κ3) is 6.42. The number of alkyl halides is 1. The van der Waals surface area contributed by atoms with Crippen molar-refractivity contribution in [2.45, 2.75) is 37.0 Å². The Labute approximate surface area is 188 Å². The summed E-state index contributed by atoms with van der Waals surface area (Å²) in [6, 6.07) is 8.82. The van der Waals surface area contributed by atoms with Gasteiger partial charge in [-0.3, -0.25) is 0 Å². The van der Waals surface area contributed by atoms with Crippen LogP contribution < -0.4 is 9.47 Å². The lowest BCUT2D eigenvalue weighted by Gasteiger charge is -2.14. The molecule has 2 atom stereocenters. The second-order valence-corrected chi connectivity index (χ2v) is 10.2. The molecule has 0 unspecified atom stereocenters. The van der Waals surface area contributed by atoms with E-state index in [2.05, 4.69) is 13.8 Å². The van der Waals surface area contributed by atoms with Gasteiger partial charge in [-0.2, -0.15) is 0 Å². The van der Waals surface area contributed by atoms with E-state index in [-0.39, 0.29) is 25.8 Å². The third-order valence-corrected chi connectivity index (χ3v) is 7.30. The molecule has 4 nitrogen and oxygen atoms in total. The Bertz CT molecular complexity index is 862. The summed E-state index contributed by atoms with van der Waals surface area (Å²) in [7, 11) is -3.79. The molecule has 2 aromatic carbocycles. The summed E-state index contributed by atoms with van der Waals surface area (Å²) in [5.74, 6) is 1.86. The average Bonchev–Trinajstić information content (AvgIpc) is 2.71. The zero-order chi connectivity index (χ0) is 21.6. The van der Waals surface area contributed by atoms with E-state index in [9.17, 15) is 8.42 Å². The fourth-order valence-electron chi connectivity index (χ4n) is 2.29. The van der Waals surface area contributed by atoms with Crippen LogP contribution in [0.5, 0.6) is 11.5 Å². The van der Waals surface area contributed by atoms with Crippen molar-refractivity contribution in [2.75, 3.05) is 19.1 Å². The summed E-state index contributed by atoms with van der Waals surface area (Å²) in [5, 5.41) is 0.461. The molecule has 2 aromatic rings. The number of sulfone groups is 1. The maximum Gasteiger partial charge on any atom is 0.206 e. The van der Waals surface area contributed by atoms with Crippen molar-refractivity contribution < 1.29 is 17.9 Å². The van der Waals surface area contributed by atoms with E-state index in [0.717, 1.165) is 6.42 Å². The smallest absolute Gasteiger partial charge is 0.206 e. The minimum Gasteiger partial charge on any atom is -0.492 e. The highest BCUT2D eigenvalue weighted by atomic mass is 35.5. The van der Waals surface area contributed by atoms with Gasteiger partial charge in [-0.1, -0.05) is 50.4 Å². The normalized spacial score (nSPS) is 13.7. The topological polar surface area (TPSA) is 52.6 Å². The van der Waals surface area contributed by atoms with Crippen LogP contribution in [0.25, 0.3) is 0 Å². The van der Waals surface area contributed by atoms with Crippen molar-refractivity contribution in [3.63, 3.8) is 0 Å². The fourth-order valence-corrected chi connectivity index (χ4v) is 4.30. The predicted octanol–water partition coefficient (Wildman–Crippen LogP) is 6.50. The fraction of sp³-hybridized carbons (Fsp3) is 0.429. The van der Waals surface area contributed by atoms with Crippen LogP contribution in [0.15, 0.2) is 46.2 Å². The Hall–Kier alpha value is -1.14. The zero-order valence-corrected chi connectivity index (χ0v) is 19.7. The first-order valence-electron chi connectivity index (χ1n) is 9.34. The minimum atomic E-state index is -3.79. The van der Waals surface area contributed by atoms with Gasteiger partial charge in [0, 0.05) is 11.8 Å². The number of halogens is 3. The van der Waals surface area contributed by atoms with Crippen molar-refractivity contribution in [1.82, 2.24) is 0 Å². The van der Waals surface area contributed by atoms with Gasteiger partial charge in [0.1, 0.15) is 11.5 Å². The van der Waals surface area contributed by atoms with Crippen LogP contribution in [0.3, 0.4) is 0 Å². The third-order valence-electron chi connectivity index (χ3n) is 4.43. The Morgan fingerprint density at radius 2 is 1.31 bits per heavy atom. The summed E-state index contributed by atoms with van der Waals surface area (Å²) >= 11 is 18.2. The average molecular weight is 480 g/mol. The largest absolute Gasteiger partial charge is 0.492 e. The molecule has 0 saturated carbocycles. The van der Waals surface area contributed by atoms with Crippen molar-refractivity contribution in [1.29, 1.82) is 0 Å². The molecule has 0 aliphatic carbocycles. The van der Waals surface area contributed by atoms with E-state index in [0.29, 0.717) is 36.5 Å². The van der Waals surface area contributed by atoms with Crippen molar-refractivity contribution in [3.8, 4) is 11.5 Å². The number of benzene rings is 2. The second-order valence-electron chi connectivity index (χ2n) is 7.08. The van der Waals surface area contributed by atoms with Crippen LogP contribution in [0.4, 0.5) is 0 Å². The van der Waals surface area contributed by atoms with Gasteiger partial charge in [0.25, 0.3) is 0 Å². The Morgan fingerprint density at radius 3 is 1.69 bits per heavy atom. The van der Waals surface area contributed by atoms with Gasteiger partial charge in [0.2, 0.25) is 9.84 Å². The molecule has 29 heavy (non-hydrogen) atoms. The maximum atomic E-state index is 13.0. The first kappa shape index (κ1) is 24.1. The van der Waals surface area contributed by atoms with E-state index in [1.54, 1.807) is 12.1 Å². The van der Waals surface area contributed by atoms with E-state index in [1.165, 1.54) is 24.3 Å². The molecule has 2 rings (SSSR count). The highest BCUT2D eigenvalue weighted by molar-refractivity contribution is 7.91. The highest BCUT2D eigenvalue weighted by Crippen LogP contribution is 2.33. The van der Waals surface area contributed by atoms with Gasteiger partial charge in [0.05, 0.1) is 33.0 Å². The van der Waals surface area contributed by atoms with Gasteiger partial charge >= 0.3 is 0 Å². The summed E-state index contributed by atoms with van der Waals surface area (Å²) in [4.78, 5) is 0.128. The number of hydrogen-bond donors (Lipinski definition) is 0. The molecule has 0 radical (unpaired) electrons.